The number of aromatic nitrogens is 1. The Kier molecular flexibility index (Phi) is 3.62. The predicted octanol–water partition coefficient (Wildman–Crippen LogP) is 2.34. The Bertz CT molecular complexity index is 616. The van der Waals surface area contributed by atoms with Crippen LogP contribution in [-0.4, -0.2) is 11.1 Å². The molecule has 0 spiro atoms. The summed E-state index contributed by atoms with van der Waals surface area (Å²) in [6.07, 6.45) is 0.223. The number of rotatable bonds is 3. The molecule has 5 heteroatoms. The van der Waals surface area contributed by atoms with Gasteiger partial charge in [-0.15, -0.1) is 0 Å². The van der Waals surface area contributed by atoms with E-state index in [0.717, 1.165) is 11.3 Å². The molecule has 0 radical (unpaired) electrons. The molecule has 96 valence electrons. The van der Waals surface area contributed by atoms with Crippen molar-refractivity contribution in [3.8, 4) is 6.07 Å². The molecule has 0 saturated carbocycles. The molecule has 0 bridgehead atoms. The van der Waals surface area contributed by atoms with Crippen molar-refractivity contribution in [3.05, 3.63) is 46.8 Å². The number of benzene rings is 1. The van der Waals surface area contributed by atoms with E-state index in [1.807, 2.05) is 6.07 Å². The quantitative estimate of drug-likeness (QED) is 0.913. The molecule has 1 N–H and O–H groups in total. The molecule has 5 nitrogen and oxygen atoms in total. The van der Waals surface area contributed by atoms with E-state index < -0.39 is 0 Å². The van der Waals surface area contributed by atoms with Crippen LogP contribution in [0.25, 0.3) is 0 Å². The zero-order chi connectivity index (χ0) is 13.8. The van der Waals surface area contributed by atoms with Gasteiger partial charge < -0.3 is 9.84 Å². The number of nitrogens with zero attached hydrogens (tertiary/aromatic N) is 2. The fourth-order valence-corrected chi connectivity index (χ4v) is 1.75. The minimum atomic E-state index is -0.140. The molecule has 1 aromatic heterocycles. The van der Waals surface area contributed by atoms with Crippen LogP contribution in [0.2, 0.25) is 0 Å². The molecule has 0 saturated heterocycles. The molecule has 0 aliphatic heterocycles. The molecule has 2 aromatic rings. The fourth-order valence-electron chi connectivity index (χ4n) is 1.75. The van der Waals surface area contributed by atoms with Crippen LogP contribution in [0.4, 0.5) is 5.69 Å². The van der Waals surface area contributed by atoms with Crippen molar-refractivity contribution in [2.24, 2.45) is 0 Å². The van der Waals surface area contributed by atoms with Gasteiger partial charge >= 0.3 is 0 Å². The zero-order valence-electron chi connectivity index (χ0n) is 10.7. The van der Waals surface area contributed by atoms with E-state index >= 15 is 0 Å². The van der Waals surface area contributed by atoms with E-state index in [1.165, 1.54) is 0 Å². The van der Waals surface area contributed by atoms with Gasteiger partial charge in [0.2, 0.25) is 5.91 Å². The number of hydrogen-bond acceptors (Lipinski definition) is 4. The molecule has 0 unspecified atom stereocenters. The van der Waals surface area contributed by atoms with Crippen molar-refractivity contribution in [2.75, 3.05) is 5.32 Å². The smallest absolute Gasteiger partial charge is 0.228 e. The molecule has 0 aliphatic carbocycles. The topological polar surface area (TPSA) is 78.9 Å². The highest BCUT2D eigenvalue weighted by molar-refractivity contribution is 5.92. The van der Waals surface area contributed by atoms with E-state index in [0.29, 0.717) is 17.0 Å². The van der Waals surface area contributed by atoms with E-state index in [4.69, 9.17) is 9.78 Å². The molecule has 1 heterocycles. The number of nitriles is 1. The summed E-state index contributed by atoms with van der Waals surface area (Å²) in [5, 5.41) is 15.3. The largest absolute Gasteiger partial charge is 0.361 e. The van der Waals surface area contributed by atoms with Gasteiger partial charge in [0.05, 0.1) is 23.7 Å². The van der Waals surface area contributed by atoms with Crippen LogP contribution in [0.1, 0.15) is 22.6 Å². The van der Waals surface area contributed by atoms with Gasteiger partial charge in [0.15, 0.2) is 0 Å². The lowest BCUT2D eigenvalue weighted by molar-refractivity contribution is -0.115. The number of hydrogen-bond donors (Lipinski definition) is 1. The van der Waals surface area contributed by atoms with Gasteiger partial charge in [0, 0.05) is 11.3 Å². The minimum Gasteiger partial charge on any atom is -0.361 e. The second-order valence-electron chi connectivity index (χ2n) is 4.22. The second-order valence-corrected chi connectivity index (χ2v) is 4.22. The first-order chi connectivity index (χ1) is 9.10. The van der Waals surface area contributed by atoms with E-state index in [2.05, 4.69) is 10.5 Å². The summed E-state index contributed by atoms with van der Waals surface area (Å²) in [4.78, 5) is 11.9. The van der Waals surface area contributed by atoms with Crippen molar-refractivity contribution < 1.29 is 9.32 Å². The van der Waals surface area contributed by atoms with Crippen LogP contribution in [0.3, 0.4) is 0 Å². The summed E-state index contributed by atoms with van der Waals surface area (Å²) in [6.45, 7) is 3.59. The van der Waals surface area contributed by atoms with Crippen LogP contribution in [0.5, 0.6) is 0 Å². The summed E-state index contributed by atoms with van der Waals surface area (Å²) in [5.41, 5.74) is 2.76. The van der Waals surface area contributed by atoms with Crippen molar-refractivity contribution in [3.63, 3.8) is 0 Å². The summed E-state index contributed by atoms with van der Waals surface area (Å²) in [5.74, 6) is 0.520. The minimum absolute atomic E-state index is 0.140. The van der Waals surface area contributed by atoms with Gasteiger partial charge in [0.1, 0.15) is 5.76 Å². The average Bonchev–Trinajstić information content (AvgIpc) is 2.71. The first-order valence-corrected chi connectivity index (χ1v) is 5.82. The predicted molar refractivity (Wildman–Crippen MR) is 69.5 cm³/mol. The van der Waals surface area contributed by atoms with Crippen LogP contribution < -0.4 is 5.32 Å². The fraction of sp³-hybridized carbons (Fsp3) is 0.214. The summed E-state index contributed by atoms with van der Waals surface area (Å²) in [6, 6.07) is 8.74. The standard InChI is InChI=1S/C14H13N3O2/c1-9-13(10(2)19-17-9)7-14(18)16-12-5-3-11(8-15)4-6-12/h3-6H,7H2,1-2H3,(H,16,18). The Hall–Kier alpha value is -2.61. The number of aryl methyl sites for hydroxylation is 2. The van der Waals surface area contributed by atoms with Crippen molar-refractivity contribution in [1.82, 2.24) is 5.16 Å². The molecule has 2 rings (SSSR count). The number of carbonyl (C=O) groups is 1. The molecule has 1 amide bonds. The van der Waals surface area contributed by atoms with Crippen LogP contribution in [0.15, 0.2) is 28.8 Å². The second kappa shape index (κ2) is 5.36. The number of nitrogens with one attached hydrogen (secondary N) is 1. The molecular formula is C14H13N3O2. The number of carbonyl (C=O) groups excluding carboxylic acids is 1. The molecule has 0 atom stereocenters. The highest BCUT2D eigenvalue weighted by atomic mass is 16.5. The lowest BCUT2D eigenvalue weighted by Gasteiger charge is -2.04. The molecule has 1 aromatic carbocycles. The Labute approximate surface area is 110 Å². The van der Waals surface area contributed by atoms with E-state index in [9.17, 15) is 4.79 Å². The normalized spacial score (nSPS) is 9.95. The third-order valence-electron chi connectivity index (χ3n) is 2.82. The maximum absolute atomic E-state index is 11.9. The maximum atomic E-state index is 11.9. The number of amides is 1. The zero-order valence-corrected chi connectivity index (χ0v) is 10.7. The lowest BCUT2D eigenvalue weighted by atomic mass is 10.1. The molecular weight excluding hydrogens is 242 g/mol. The first kappa shape index (κ1) is 12.8. The van der Waals surface area contributed by atoms with Crippen molar-refractivity contribution in [2.45, 2.75) is 20.3 Å². The lowest BCUT2D eigenvalue weighted by Crippen LogP contribution is -2.15. The van der Waals surface area contributed by atoms with Crippen molar-refractivity contribution >= 4 is 11.6 Å². The molecule has 19 heavy (non-hydrogen) atoms. The van der Waals surface area contributed by atoms with E-state index in [1.54, 1.807) is 38.1 Å². The molecule has 0 fully saturated rings. The van der Waals surface area contributed by atoms with Gasteiger partial charge in [0.25, 0.3) is 0 Å². The Morgan fingerprint density at radius 1 is 1.37 bits per heavy atom. The summed E-state index contributed by atoms with van der Waals surface area (Å²) >= 11 is 0. The van der Waals surface area contributed by atoms with Gasteiger partial charge in [-0.05, 0) is 38.1 Å². The Morgan fingerprint density at radius 2 is 2.05 bits per heavy atom. The van der Waals surface area contributed by atoms with Gasteiger partial charge in [-0.1, -0.05) is 5.16 Å². The van der Waals surface area contributed by atoms with Gasteiger partial charge in [-0.25, -0.2) is 0 Å². The monoisotopic (exact) mass is 255 g/mol. The van der Waals surface area contributed by atoms with Crippen LogP contribution in [-0.2, 0) is 11.2 Å². The van der Waals surface area contributed by atoms with Gasteiger partial charge in [-0.2, -0.15) is 5.26 Å². The third-order valence-corrected chi connectivity index (χ3v) is 2.82. The van der Waals surface area contributed by atoms with E-state index in [-0.39, 0.29) is 12.3 Å². The van der Waals surface area contributed by atoms with Crippen molar-refractivity contribution in [1.29, 1.82) is 5.26 Å². The maximum Gasteiger partial charge on any atom is 0.228 e. The number of anilines is 1. The Balaban J connectivity index is 2.03. The summed E-state index contributed by atoms with van der Waals surface area (Å²) in [7, 11) is 0. The van der Waals surface area contributed by atoms with Gasteiger partial charge in [-0.3, -0.25) is 4.79 Å². The SMILES string of the molecule is Cc1noc(C)c1CC(=O)Nc1ccc(C#N)cc1. The third kappa shape index (κ3) is 2.99. The summed E-state index contributed by atoms with van der Waals surface area (Å²) < 4.78 is 5.01. The first-order valence-electron chi connectivity index (χ1n) is 5.82. The van der Waals surface area contributed by atoms with Crippen LogP contribution in [0, 0.1) is 25.2 Å². The highest BCUT2D eigenvalue weighted by Crippen LogP contribution is 2.14. The van der Waals surface area contributed by atoms with Crippen LogP contribution >= 0.6 is 0 Å². The highest BCUT2D eigenvalue weighted by Gasteiger charge is 2.13. The molecule has 0 aliphatic rings. The average molecular weight is 255 g/mol. The Morgan fingerprint density at radius 3 is 2.58 bits per heavy atom.